The van der Waals surface area contributed by atoms with Gasteiger partial charge in [0, 0.05) is 25.2 Å². The van der Waals surface area contributed by atoms with Gasteiger partial charge in [-0.1, -0.05) is 6.07 Å². The van der Waals surface area contributed by atoms with E-state index in [4.69, 9.17) is 4.74 Å². The van der Waals surface area contributed by atoms with Gasteiger partial charge in [0.2, 0.25) is 0 Å². The Morgan fingerprint density at radius 3 is 3.10 bits per heavy atom. The van der Waals surface area contributed by atoms with Gasteiger partial charge in [-0.25, -0.2) is 0 Å². The van der Waals surface area contributed by atoms with Crippen LogP contribution >= 0.6 is 0 Å². The number of hydrogen-bond acceptors (Lipinski definition) is 3. The first-order valence-corrected chi connectivity index (χ1v) is 8.41. The average molecular weight is 286 g/mol. The molecule has 3 atom stereocenters. The molecule has 0 spiro atoms. The number of nitrogens with zero attached hydrogens (tertiary/aromatic N) is 1. The summed E-state index contributed by atoms with van der Waals surface area (Å²) >= 11 is 0. The normalized spacial score (nSPS) is 32.0. The summed E-state index contributed by atoms with van der Waals surface area (Å²) in [6, 6.07) is 6.01. The minimum absolute atomic E-state index is 0.616. The van der Waals surface area contributed by atoms with Crippen LogP contribution in [0.25, 0.3) is 0 Å². The van der Waals surface area contributed by atoms with E-state index in [0.29, 0.717) is 6.04 Å². The van der Waals surface area contributed by atoms with Crippen LogP contribution in [0.3, 0.4) is 0 Å². The number of fused-ring (bicyclic) bond motifs is 4. The third-order valence-electron chi connectivity index (χ3n) is 5.80. The summed E-state index contributed by atoms with van der Waals surface area (Å²) in [7, 11) is 1.78. The van der Waals surface area contributed by atoms with Crippen molar-refractivity contribution >= 4 is 0 Å². The fourth-order valence-corrected chi connectivity index (χ4v) is 4.67. The van der Waals surface area contributed by atoms with Gasteiger partial charge in [0.25, 0.3) is 0 Å². The van der Waals surface area contributed by atoms with Crippen molar-refractivity contribution in [1.29, 1.82) is 0 Å². The molecule has 1 N–H and O–H groups in total. The Morgan fingerprint density at radius 1 is 1.33 bits per heavy atom. The fourth-order valence-electron chi connectivity index (χ4n) is 4.67. The van der Waals surface area contributed by atoms with Gasteiger partial charge in [-0.3, -0.25) is 4.90 Å². The molecule has 4 rings (SSSR count). The molecule has 3 heteroatoms. The minimum atomic E-state index is 0.616. The highest BCUT2D eigenvalue weighted by atomic mass is 16.5. The van der Waals surface area contributed by atoms with Crippen molar-refractivity contribution in [3.8, 4) is 5.75 Å². The van der Waals surface area contributed by atoms with Crippen LogP contribution in [-0.4, -0.2) is 37.7 Å². The number of benzene rings is 1. The molecule has 1 aromatic carbocycles. The Kier molecular flexibility index (Phi) is 3.43. The largest absolute Gasteiger partial charge is 0.496 e. The number of methoxy groups -OCH3 is 1. The zero-order chi connectivity index (χ0) is 14.4. The monoisotopic (exact) mass is 286 g/mol. The van der Waals surface area contributed by atoms with Gasteiger partial charge in [-0.05, 0) is 67.8 Å². The van der Waals surface area contributed by atoms with Gasteiger partial charge < -0.3 is 10.1 Å². The number of hydrogen-bond donors (Lipinski definition) is 1. The molecule has 0 radical (unpaired) electrons. The molecule has 0 bridgehead atoms. The first kappa shape index (κ1) is 13.6. The Labute approximate surface area is 127 Å². The summed E-state index contributed by atoms with van der Waals surface area (Å²) in [6.45, 7) is 5.88. The molecule has 114 valence electrons. The molecule has 2 saturated heterocycles. The number of nitrogens with one attached hydrogen (secondary N) is 1. The SMILES string of the molecule is COc1cc2c(cc1C)[C@H]1C[C@H]3NCCC[C@H]3CN1CC2. The van der Waals surface area contributed by atoms with E-state index in [1.54, 1.807) is 12.7 Å². The fraction of sp³-hybridized carbons (Fsp3) is 0.667. The zero-order valence-electron chi connectivity index (χ0n) is 13.2. The second-order valence-electron chi connectivity index (χ2n) is 6.98. The lowest BCUT2D eigenvalue weighted by Gasteiger charge is -2.49. The summed E-state index contributed by atoms with van der Waals surface area (Å²) in [5.41, 5.74) is 4.34. The lowest BCUT2D eigenvalue weighted by molar-refractivity contribution is 0.0551. The van der Waals surface area contributed by atoms with E-state index in [0.717, 1.165) is 17.7 Å². The molecule has 0 amide bonds. The summed E-state index contributed by atoms with van der Waals surface area (Å²) in [6.07, 6.45) is 5.22. The number of piperidine rings is 2. The van der Waals surface area contributed by atoms with Gasteiger partial charge >= 0.3 is 0 Å². The Morgan fingerprint density at radius 2 is 2.24 bits per heavy atom. The molecular weight excluding hydrogens is 260 g/mol. The van der Waals surface area contributed by atoms with Gasteiger partial charge in [-0.15, -0.1) is 0 Å². The lowest BCUT2D eigenvalue weighted by atomic mass is 9.77. The summed E-state index contributed by atoms with van der Waals surface area (Å²) < 4.78 is 5.51. The first-order chi connectivity index (χ1) is 10.3. The van der Waals surface area contributed by atoms with Gasteiger partial charge in [0.15, 0.2) is 0 Å². The van der Waals surface area contributed by atoms with Crippen LogP contribution in [-0.2, 0) is 6.42 Å². The van der Waals surface area contributed by atoms with E-state index in [-0.39, 0.29) is 0 Å². The third-order valence-corrected chi connectivity index (χ3v) is 5.80. The summed E-state index contributed by atoms with van der Waals surface area (Å²) in [5.74, 6) is 1.92. The van der Waals surface area contributed by atoms with Crippen molar-refractivity contribution < 1.29 is 4.74 Å². The standard InChI is InChI=1S/C18H26N2O/c1-12-8-15-13(9-18(12)21-2)5-7-20-11-14-4-3-6-19-16(14)10-17(15)20/h8-9,14,16-17,19H,3-7,10-11H2,1-2H3/t14-,16+,17+/m0/s1. The molecule has 0 aliphatic carbocycles. The minimum Gasteiger partial charge on any atom is -0.496 e. The van der Waals surface area contributed by atoms with E-state index in [1.807, 2.05) is 0 Å². The van der Waals surface area contributed by atoms with Gasteiger partial charge in [-0.2, -0.15) is 0 Å². The maximum atomic E-state index is 5.51. The molecule has 3 aliphatic rings. The highest BCUT2D eigenvalue weighted by Gasteiger charge is 2.39. The van der Waals surface area contributed by atoms with Crippen LogP contribution in [0.1, 0.15) is 42.0 Å². The molecule has 0 unspecified atom stereocenters. The van der Waals surface area contributed by atoms with Crippen LogP contribution in [0.15, 0.2) is 12.1 Å². The highest BCUT2D eigenvalue weighted by molar-refractivity contribution is 5.45. The topological polar surface area (TPSA) is 24.5 Å². The Bertz CT molecular complexity index is 542. The lowest BCUT2D eigenvalue weighted by Crippen LogP contribution is -2.54. The number of rotatable bonds is 1. The molecule has 0 aromatic heterocycles. The van der Waals surface area contributed by atoms with E-state index in [1.165, 1.54) is 56.4 Å². The molecule has 3 nitrogen and oxygen atoms in total. The van der Waals surface area contributed by atoms with Gasteiger partial charge in [0.1, 0.15) is 5.75 Å². The molecule has 2 fully saturated rings. The molecule has 3 aliphatic heterocycles. The van der Waals surface area contributed by atoms with Crippen LogP contribution in [0, 0.1) is 12.8 Å². The van der Waals surface area contributed by atoms with Crippen LogP contribution in [0.4, 0.5) is 0 Å². The summed E-state index contributed by atoms with van der Waals surface area (Å²) in [5, 5.41) is 3.77. The number of aryl methyl sites for hydroxylation is 1. The van der Waals surface area contributed by atoms with Crippen molar-refractivity contribution in [2.24, 2.45) is 5.92 Å². The van der Waals surface area contributed by atoms with Crippen molar-refractivity contribution in [3.05, 3.63) is 28.8 Å². The van der Waals surface area contributed by atoms with E-state index >= 15 is 0 Å². The first-order valence-electron chi connectivity index (χ1n) is 8.41. The zero-order valence-corrected chi connectivity index (χ0v) is 13.2. The molecule has 1 aromatic rings. The van der Waals surface area contributed by atoms with Crippen molar-refractivity contribution in [2.45, 2.75) is 44.7 Å². The van der Waals surface area contributed by atoms with Crippen LogP contribution < -0.4 is 10.1 Å². The van der Waals surface area contributed by atoms with E-state index in [9.17, 15) is 0 Å². The molecular formula is C18H26N2O. The average Bonchev–Trinajstić information content (AvgIpc) is 2.52. The molecule has 21 heavy (non-hydrogen) atoms. The smallest absolute Gasteiger partial charge is 0.122 e. The van der Waals surface area contributed by atoms with E-state index < -0.39 is 0 Å². The predicted molar refractivity (Wildman–Crippen MR) is 84.9 cm³/mol. The second kappa shape index (κ2) is 5.29. The Balaban J connectivity index is 1.66. The van der Waals surface area contributed by atoms with E-state index in [2.05, 4.69) is 29.3 Å². The molecule has 0 saturated carbocycles. The van der Waals surface area contributed by atoms with Crippen molar-refractivity contribution in [2.75, 3.05) is 26.7 Å². The third kappa shape index (κ3) is 2.27. The number of ether oxygens (including phenoxy) is 1. The maximum absolute atomic E-state index is 5.51. The highest BCUT2D eigenvalue weighted by Crippen LogP contribution is 2.42. The van der Waals surface area contributed by atoms with Crippen molar-refractivity contribution in [1.82, 2.24) is 10.2 Å². The summed E-state index contributed by atoms with van der Waals surface area (Å²) in [4.78, 5) is 2.74. The van der Waals surface area contributed by atoms with Crippen molar-refractivity contribution in [3.63, 3.8) is 0 Å². The predicted octanol–water partition coefficient (Wildman–Crippen LogP) is 2.67. The second-order valence-corrected chi connectivity index (χ2v) is 6.98. The van der Waals surface area contributed by atoms with Crippen LogP contribution in [0.2, 0.25) is 0 Å². The Hall–Kier alpha value is -1.06. The van der Waals surface area contributed by atoms with Crippen LogP contribution in [0.5, 0.6) is 5.75 Å². The molecule has 3 heterocycles. The van der Waals surface area contributed by atoms with Gasteiger partial charge in [0.05, 0.1) is 7.11 Å². The maximum Gasteiger partial charge on any atom is 0.122 e. The quantitative estimate of drug-likeness (QED) is 0.859.